The van der Waals surface area contributed by atoms with E-state index in [0.29, 0.717) is 11.1 Å². The molecule has 0 spiro atoms. The Kier molecular flexibility index (Phi) is 5.64. The van der Waals surface area contributed by atoms with E-state index in [2.05, 4.69) is 4.28 Å². The fourth-order valence-electron chi connectivity index (χ4n) is 1.61. The lowest BCUT2D eigenvalue weighted by molar-refractivity contribution is 0.332. The minimum absolute atomic E-state index is 0.158. The second kappa shape index (κ2) is 5.98. The predicted molar refractivity (Wildman–Crippen MR) is 64.5 cm³/mol. The van der Waals surface area contributed by atoms with Gasteiger partial charge in [0.2, 0.25) is 0 Å². The van der Waals surface area contributed by atoms with Crippen LogP contribution in [-0.4, -0.2) is 8.42 Å². The largest absolute Gasteiger partial charge is 0.313 e. The van der Waals surface area contributed by atoms with Crippen molar-refractivity contribution in [3.05, 3.63) is 28.8 Å². The second-order valence-electron chi connectivity index (χ2n) is 3.28. The Hall–Kier alpha value is -0.910. The molecule has 16 heavy (non-hydrogen) atoms. The summed E-state index contributed by atoms with van der Waals surface area (Å²) in [5, 5.41) is 0. The van der Waals surface area contributed by atoms with Crippen LogP contribution in [0.1, 0.15) is 30.5 Å². The van der Waals surface area contributed by atoms with Crippen molar-refractivity contribution >= 4 is 10.1 Å². The van der Waals surface area contributed by atoms with Gasteiger partial charge in [0.1, 0.15) is 4.90 Å². The Balaban J connectivity index is 0.00000106. The maximum atomic E-state index is 11.4. The lowest BCUT2D eigenvalue weighted by Gasteiger charge is -2.09. The highest BCUT2D eigenvalue weighted by molar-refractivity contribution is 7.86. The van der Waals surface area contributed by atoms with E-state index in [0.717, 1.165) is 5.56 Å². The van der Waals surface area contributed by atoms with Crippen LogP contribution in [0.2, 0.25) is 0 Å². The maximum absolute atomic E-state index is 11.4. The standard InChI is InChI=1S/C9H13NO3S.C2H6/c1-6-4-7(2)9(8(3)5-6)14(11,12)13-10;1-2/h4-5H,10H2,1-3H3;1-2H3. The first-order chi connectivity index (χ1) is 7.38. The molecule has 0 unspecified atom stereocenters. The van der Waals surface area contributed by atoms with Gasteiger partial charge in [-0.25, -0.2) is 0 Å². The van der Waals surface area contributed by atoms with Crippen LogP contribution in [0.25, 0.3) is 0 Å². The van der Waals surface area contributed by atoms with Crippen molar-refractivity contribution in [3.8, 4) is 0 Å². The van der Waals surface area contributed by atoms with Crippen LogP contribution in [0.3, 0.4) is 0 Å². The number of rotatable bonds is 2. The van der Waals surface area contributed by atoms with E-state index in [1.165, 1.54) is 0 Å². The van der Waals surface area contributed by atoms with Crippen molar-refractivity contribution in [2.24, 2.45) is 5.90 Å². The van der Waals surface area contributed by atoms with E-state index >= 15 is 0 Å². The summed E-state index contributed by atoms with van der Waals surface area (Å²) in [6.45, 7) is 9.33. The first-order valence-electron chi connectivity index (χ1n) is 5.09. The highest BCUT2D eigenvalue weighted by atomic mass is 32.2. The third-order valence-corrected chi connectivity index (χ3v) is 3.38. The smallest absolute Gasteiger partial charge is 0.197 e. The molecule has 2 N–H and O–H groups in total. The first kappa shape index (κ1) is 15.1. The molecule has 4 nitrogen and oxygen atoms in total. The van der Waals surface area contributed by atoms with Crippen LogP contribution in [-0.2, 0) is 14.4 Å². The lowest BCUT2D eigenvalue weighted by Crippen LogP contribution is -2.14. The lowest BCUT2D eigenvalue weighted by atomic mass is 10.1. The average Bonchev–Trinajstić information content (AvgIpc) is 2.18. The molecule has 0 aliphatic carbocycles. The fraction of sp³-hybridized carbons (Fsp3) is 0.455. The van der Waals surface area contributed by atoms with Crippen LogP contribution in [0.15, 0.2) is 17.0 Å². The van der Waals surface area contributed by atoms with Gasteiger partial charge in [0, 0.05) is 0 Å². The SMILES string of the molecule is CC.Cc1cc(C)c(S(=O)(=O)ON)c(C)c1. The maximum Gasteiger partial charge on any atom is 0.313 e. The molecule has 5 heteroatoms. The monoisotopic (exact) mass is 245 g/mol. The summed E-state index contributed by atoms with van der Waals surface area (Å²) in [6, 6.07) is 3.55. The van der Waals surface area contributed by atoms with Gasteiger partial charge in [0.25, 0.3) is 0 Å². The van der Waals surface area contributed by atoms with Gasteiger partial charge in [-0.1, -0.05) is 31.5 Å². The van der Waals surface area contributed by atoms with Gasteiger partial charge in [-0.15, -0.1) is 0 Å². The molecule has 1 rings (SSSR count). The van der Waals surface area contributed by atoms with Crippen molar-refractivity contribution in [2.75, 3.05) is 0 Å². The molecule has 0 radical (unpaired) electrons. The molecule has 0 amide bonds. The van der Waals surface area contributed by atoms with Gasteiger partial charge >= 0.3 is 10.1 Å². The van der Waals surface area contributed by atoms with Gasteiger partial charge < -0.3 is 0 Å². The normalized spacial score (nSPS) is 10.6. The number of benzene rings is 1. The van der Waals surface area contributed by atoms with Crippen LogP contribution in [0.5, 0.6) is 0 Å². The molecule has 0 saturated heterocycles. The first-order valence-corrected chi connectivity index (χ1v) is 6.50. The zero-order chi connectivity index (χ0) is 12.9. The summed E-state index contributed by atoms with van der Waals surface area (Å²) in [7, 11) is -3.80. The summed E-state index contributed by atoms with van der Waals surface area (Å²) in [4.78, 5) is 0.158. The zero-order valence-corrected chi connectivity index (χ0v) is 11.2. The molecule has 0 atom stereocenters. The fourth-order valence-corrected chi connectivity index (χ4v) is 2.61. The topological polar surface area (TPSA) is 69.4 Å². The summed E-state index contributed by atoms with van der Waals surface area (Å²) in [5.41, 5.74) is 2.30. The Labute approximate surface area is 97.5 Å². The molecular formula is C11H19NO3S. The van der Waals surface area contributed by atoms with Gasteiger partial charge in [0.15, 0.2) is 0 Å². The third-order valence-electron chi connectivity index (χ3n) is 1.98. The second-order valence-corrected chi connectivity index (χ2v) is 4.79. The van der Waals surface area contributed by atoms with Gasteiger partial charge in [-0.3, -0.25) is 0 Å². The molecule has 0 aromatic heterocycles. The Morgan fingerprint density at radius 1 is 1.06 bits per heavy atom. The van der Waals surface area contributed by atoms with E-state index in [9.17, 15) is 8.42 Å². The molecular weight excluding hydrogens is 226 g/mol. The average molecular weight is 245 g/mol. The number of hydrogen-bond donors (Lipinski definition) is 1. The van der Waals surface area contributed by atoms with Gasteiger partial charge in [-0.05, 0) is 31.9 Å². The van der Waals surface area contributed by atoms with Crippen molar-refractivity contribution in [2.45, 2.75) is 39.5 Å². The summed E-state index contributed by atoms with van der Waals surface area (Å²) in [5.74, 6) is 4.73. The minimum Gasteiger partial charge on any atom is -0.197 e. The molecule has 92 valence electrons. The van der Waals surface area contributed by atoms with Crippen LogP contribution >= 0.6 is 0 Å². The molecule has 0 saturated carbocycles. The van der Waals surface area contributed by atoms with Gasteiger partial charge in [-0.2, -0.15) is 18.6 Å². The molecule has 0 heterocycles. The van der Waals surface area contributed by atoms with Crippen molar-refractivity contribution in [1.29, 1.82) is 0 Å². The summed E-state index contributed by atoms with van der Waals surface area (Å²) >= 11 is 0. The number of nitrogens with two attached hydrogens (primary N) is 1. The van der Waals surface area contributed by atoms with E-state index in [1.54, 1.807) is 26.0 Å². The van der Waals surface area contributed by atoms with Crippen LogP contribution in [0.4, 0.5) is 0 Å². The Morgan fingerprint density at radius 3 is 1.75 bits per heavy atom. The van der Waals surface area contributed by atoms with Crippen molar-refractivity contribution < 1.29 is 12.7 Å². The number of aryl methyl sites for hydroxylation is 3. The molecule has 0 aliphatic heterocycles. The van der Waals surface area contributed by atoms with E-state index in [1.807, 2.05) is 20.8 Å². The van der Waals surface area contributed by atoms with E-state index in [4.69, 9.17) is 5.90 Å². The molecule has 0 bridgehead atoms. The summed E-state index contributed by atoms with van der Waals surface area (Å²) in [6.07, 6.45) is 0. The summed E-state index contributed by atoms with van der Waals surface area (Å²) < 4.78 is 26.8. The zero-order valence-electron chi connectivity index (χ0n) is 10.4. The third kappa shape index (κ3) is 3.30. The van der Waals surface area contributed by atoms with Crippen LogP contribution < -0.4 is 5.90 Å². The highest BCUT2D eigenvalue weighted by Gasteiger charge is 2.19. The minimum atomic E-state index is -3.80. The van der Waals surface area contributed by atoms with Crippen molar-refractivity contribution in [1.82, 2.24) is 0 Å². The predicted octanol–water partition coefficient (Wildman–Crippen LogP) is 2.22. The molecule has 1 aromatic carbocycles. The van der Waals surface area contributed by atoms with E-state index in [-0.39, 0.29) is 4.90 Å². The highest BCUT2D eigenvalue weighted by Crippen LogP contribution is 2.22. The van der Waals surface area contributed by atoms with Crippen molar-refractivity contribution in [3.63, 3.8) is 0 Å². The number of hydrogen-bond acceptors (Lipinski definition) is 4. The Bertz CT molecular complexity index is 429. The van der Waals surface area contributed by atoms with E-state index < -0.39 is 10.1 Å². The molecule has 0 fully saturated rings. The molecule has 1 aromatic rings. The van der Waals surface area contributed by atoms with Crippen LogP contribution in [0, 0.1) is 20.8 Å². The molecule has 0 aliphatic rings. The quantitative estimate of drug-likeness (QED) is 0.811. The Morgan fingerprint density at radius 2 is 1.44 bits per heavy atom. The van der Waals surface area contributed by atoms with Gasteiger partial charge in [0.05, 0.1) is 0 Å².